The van der Waals surface area contributed by atoms with Gasteiger partial charge in [-0.05, 0) is 30.7 Å². The number of carbonyl (C=O) groups excluding carboxylic acids is 1. The molecule has 0 fully saturated rings. The number of nitrogens with one attached hydrogen (secondary N) is 1. The lowest BCUT2D eigenvalue weighted by Crippen LogP contribution is -2.04. The van der Waals surface area contributed by atoms with Crippen LogP contribution in [0.1, 0.15) is 21.6 Å². The minimum absolute atomic E-state index is 0.0322. The molecule has 0 saturated heterocycles. The van der Waals surface area contributed by atoms with Crippen molar-refractivity contribution in [3.05, 3.63) is 58.2 Å². The highest BCUT2D eigenvalue weighted by atomic mass is 35.5. The van der Waals surface area contributed by atoms with E-state index in [9.17, 15) is 15.0 Å². The molecule has 1 heterocycles. The van der Waals surface area contributed by atoms with Gasteiger partial charge in [-0.25, -0.2) is 0 Å². The van der Waals surface area contributed by atoms with Gasteiger partial charge in [0.15, 0.2) is 0 Å². The number of carbonyl (C=O) groups is 1. The van der Waals surface area contributed by atoms with Crippen molar-refractivity contribution in [3.63, 3.8) is 0 Å². The van der Waals surface area contributed by atoms with Crippen LogP contribution in [0.4, 0.5) is 0 Å². The number of hydrogen-bond acceptors (Lipinski definition) is 3. The number of aromatic amines is 1. The van der Waals surface area contributed by atoms with Crippen LogP contribution < -0.4 is 0 Å². The number of aromatic hydroxyl groups is 2. The molecule has 0 amide bonds. The largest absolute Gasteiger partial charge is 0.507 e. The van der Waals surface area contributed by atoms with E-state index in [0.29, 0.717) is 5.56 Å². The summed E-state index contributed by atoms with van der Waals surface area (Å²) < 4.78 is 0. The third-order valence-corrected chi connectivity index (χ3v) is 3.71. The quantitative estimate of drug-likeness (QED) is 0.631. The van der Waals surface area contributed by atoms with Gasteiger partial charge >= 0.3 is 0 Å². The normalized spacial score (nSPS) is 11.0. The minimum Gasteiger partial charge on any atom is -0.507 e. The van der Waals surface area contributed by atoms with Crippen LogP contribution in [0, 0.1) is 6.92 Å². The lowest BCUT2D eigenvalue weighted by molar-refractivity contribution is 0.103. The van der Waals surface area contributed by atoms with Crippen molar-refractivity contribution in [1.29, 1.82) is 0 Å². The van der Waals surface area contributed by atoms with Crippen molar-refractivity contribution >= 4 is 28.3 Å². The van der Waals surface area contributed by atoms with Crippen LogP contribution in [0.2, 0.25) is 5.02 Å². The molecule has 2 aromatic carbocycles. The molecule has 0 bridgehead atoms. The average molecular weight is 302 g/mol. The maximum absolute atomic E-state index is 12.6. The fourth-order valence-corrected chi connectivity index (χ4v) is 2.56. The summed E-state index contributed by atoms with van der Waals surface area (Å²) in [7, 11) is 0. The number of aromatic nitrogens is 1. The maximum atomic E-state index is 12.6. The summed E-state index contributed by atoms with van der Waals surface area (Å²) in [6.07, 6.45) is 0. The third-order valence-electron chi connectivity index (χ3n) is 3.42. The molecule has 0 aliphatic rings. The second kappa shape index (κ2) is 4.82. The molecule has 0 radical (unpaired) electrons. The van der Waals surface area contributed by atoms with Crippen molar-refractivity contribution in [2.75, 3.05) is 0 Å². The number of halogens is 1. The number of ketones is 1. The molecule has 3 rings (SSSR count). The Morgan fingerprint density at radius 2 is 1.86 bits per heavy atom. The molecule has 5 heteroatoms. The first-order chi connectivity index (χ1) is 9.99. The Balaban J connectivity index is 2.18. The highest BCUT2D eigenvalue weighted by Crippen LogP contribution is 2.38. The number of benzene rings is 2. The molecule has 3 aromatic rings. The van der Waals surface area contributed by atoms with Gasteiger partial charge in [0.25, 0.3) is 0 Å². The monoisotopic (exact) mass is 301 g/mol. The third kappa shape index (κ3) is 2.14. The van der Waals surface area contributed by atoms with E-state index in [1.807, 2.05) is 24.3 Å². The molecule has 0 aliphatic carbocycles. The first-order valence-electron chi connectivity index (χ1n) is 6.32. The summed E-state index contributed by atoms with van der Waals surface area (Å²) in [6.45, 7) is 1.61. The first-order valence-corrected chi connectivity index (χ1v) is 6.70. The van der Waals surface area contributed by atoms with Crippen molar-refractivity contribution in [2.45, 2.75) is 6.92 Å². The van der Waals surface area contributed by atoms with E-state index in [1.165, 1.54) is 6.07 Å². The van der Waals surface area contributed by atoms with Gasteiger partial charge in [0, 0.05) is 10.9 Å². The Morgan fingerprint density at radius 3 is 2.57 bits per heavy atom. The zero-order valence-electron chi connectivity index (χ0n) is 11.1. The molecule has 21 heavy (non-hydrogen) atoms. The zero-order chi connectivity index (χ0) is 15.1. The van der Waals surface area contributed by atoms with Crippen LogP contribution in [0.3, 0.4) is 0 Å². The lowest BCUT2D eigenvalue weighted by atomic mass is 10.0. The van der Waals surface area contributed by atoms with Gasteiger partial charge in [-0.3, -0.25) is 4.79 Å². The van der Waals surface area contributed by atoms with Crippen LogP contribution in [0.5, 0.6) is 11.5 Å². The number of rotatable bonds is 2. The van der Waals surface area contributed by atoms with Crippen molar-refractivity contribution in [1.82, 2.24) is 4.98 Å². The summed E-state index contributed by atoms with van der Waals surface area (Å²) in [4.78, 5) is 15.5. The predicted octanol–water partition coefficient (Wildman–Crippen LogP) is 3.77. The average Bonchev–Trinajstić information content (AvgIpc) is 2.89. The van der Waals surface area contributed by atoms with E-state index in [2.05, 4.69) is 4.98 Å². The van der Waals surface area contributed by atoms with Gasteiger partial charge in [0.05, 0.1) is 10.7 Å². The Hall–Kier alpha value is -2.46. The van der Waals surface area contributed by atoms with E-state index in [1.54, 1.807) is 13.0 Å². The van der Waals surface area contributed by atoms with Gasteiger partial charge in [0.2, 0.25) is 5.78 Å². The van der Waals surface area contributed by atoms with Crippen molar-refractivity contribution in [2.24, 2.45) is 0 Å². The molecule has 1 aromatic heterocycles. The van der Waals surface area contributed by atoms with Crippen LogP contribution >= 0.6 is 11.6 Å². The van der Waals surface area contributed by atoms with Gasteiger partial charge in [-0.1, -0.05) is 29.8 Å². The topological polar surface area (TPSA) is 73.3 Å². The van der Waals surface area contributed by atoms with E-state index in [0.717, 1.165) is 10.9 Å². The maximum Gasteiger partial charge on any atom is 0.216 e. The number of H-pyrrole nitrogens is 1. The number of aryl methyl sites for hydroxylation is 1. The zero-order valence-corrected chi connectivity index (χ0v) is 11.9. The van der Waals surface area contributed by atoms with Gasteiger partial charge in [-0.2, -0.15) is 0 Å². The number of phenolic OH excluding ortho intramolecular Hbond substituents is 2. The summed E-state index contributed by atoms with van der Waals surface area (Å²) in [6, 6.07) is 10.5. The number of para-hydroxylation sites is 1. The molecule has 0 atom stereocenters. The second-order valence-electron chi connectivity index (χ2n) is 4.85. The summed E-state index contributed by atoms with van der Waals surface area (Å²) in [5.74, 6) is -1.18. The highest BCUT2D eigenvalue weighted by molar-refractivity contribution is 6.33. The SMILES string of the molecule is Cc1cc(Cl)c(O)c(C(=O)c2cc3ccccc3[nH]2)c1O. The Bertz CT molecular complexity index is 808. The van der Waals surface area contributed by atoms with E-state index in [4.69, 9.17) is 11.6 Å². The molecule has 0 aliphatic heterocycles. The first kappa shape index (κ1) is 13.5. The summed E-state index contributed by atoms with van der Waals surface area (Å²) in [5, 5.41) is 20.9. The number of hydrogen-bond donors (Lipinski definition) is 3. The fraction of sp³-hybridized carbons (Fsp3) is 0.0625. The molecule has 106 valence electrons. The van der Waals surface area contributed by atoms with E-state index >= 15 is 0 Å². The van der Waals surface area contributed by atoms with Gasteiger partial charge < -0.3 is 15.2 Å². The van der Waals surface area contributed by atoms with Crippen LogP contribution in [0.25, 0.3) is 10.9 Å². The Morgan fingerprint density at radius 1 is 1.14 bits per heavy atom. The summed E-state index contributed by atoms with van der Waals surface area (Å²) in [5.41, 5.74) is 1.32. The fourth-order valence-electron chi connectivity index (χ4n) is 2.30. The second-order valence-corrected chi connectivity index (χ2v) is 5.25. The van der Waals surface area contributed by atoms with Gasteiger partial charge in [0.1, 0.15) is 17.1 Å². The molecule has 0 saturated carbocycles. The highest BCUT2D eigenvalue weighted by Gasteiger charge is 2.23. The predicted molar refractivity (Wildman–Crippen MR) is 81.2 cm³/mol. The smallest absolute Gasteiger partial charge is 0.216 e. The van der Waals surface area contributed by atoms with Crippen molar-refractivity contribution < 1.29 is 15.0 Å². The number of phenols is 2. The van der Waals surface area contributed by atoms with Gasteiger partial charge in [-0.15, -0.1) is 0 Å². The number of fused-ring (bicyclic) bond motifs is 1. The van der Waals surface area contributed by atoms with Crippen molar-refractivity contribution in [3.8, 4) is 11.5 Å². The molecule has 3 N–H and O–H groups in total. The molecule has 4 nitrogen and oxygen atoms in total. The van der Waals surface area contributed by atoms with Crippen LogP contribution in [-0.2, 0) is 0 Å². The lowest BCUT2D eigenvalue weighted by Gasteiger charge is -2.09. The molecular weight excluding hydrogens is 290 g/mol. The van der Waals surface area contributed by atoms with E-state index in [-0.39, 0.29) is 22.0 Å². The Labute approximate surface area is 125 Å². The molecule has 0 spiro atoms. The standard InChI is InChI=1S/C16H12ClNO3/c1-8-6-10(17)15(20)13(14(8)19)16(21)12-7-9-4-2-3-5-11(9)18-12/h2-7,18-20H,1H3. The summed E-state index contributed by atoms with van der Waals surface area (Å²) >= 11 is 5.88. The van der Waals surface area contributed by atoms with Crippen LogP contribution in [0.15, 0.2) is 36.4 Å². The minimum atomic E-state index is -0.508. The molecular formula is C16H12ClNO3. The molecule has 0 unspecified atom stereocenters. The van der Waals surface area contributed by atoms with E-state index < -0.39 is 11.5 Å². The van der Waals surface area contributed by atoms with Crippen LogP contribution in [-0.4, -0.2) is 21.0 Å². The Kier molecular flexibility index (Phi) is 3.11.